The van der Waals surface area contributed by atoms with Gasteiger partial charge in [-0.25, -0.2) is 0 Å². The summed E-state index contributed by atoms with van der Waals surface area (Å²) in [5, 5.41) is 0. The highest BCUT2D eigenvalue weighted by atomic mass is 19.4. The minimum absolute atomic E-state index is 0.143. The van der Waals surface area contributed by atoms with Gasteiger partial charge in [-0.15, -0.1) is 0 Å². The predicted octanol–water partition coefficient (Wildman–Crippen LogP) is 3.77. The van der Waals surface area contributed by atoms with E-state index < -0.39 is 12.6 Å². The zero-order valence-electron chi connectivity index (χ0n) is 10.8. The second-order valence-electron chi connectivity index (χ2n) is 4.99. The van der Waals surface area contributed by atoms with Crippen molar-refractivity contribution in [2.24, 2.45) is 5.73 Å². The first kappa shape index (κ1) is 15.0. The van der Waals surface area contributed by atoms with Crippen molar-refractivity contribution in [1.29, 1.82) is 0 Å². The van der Waals surface area contributed by atoms with Crippen molar-refractivity contribution < 1.29 is 13.2 Å². The summed E-state index contributed by atoms with van der Waals surface area (Å²) in [5.41, 5.74) is 7.85. The Labute approximate surface area is 106 Å². The fourth-order valence-corrected chi connectivity index (χ4v) is 2.05. The number of hydrogen-bond acceptors (Lipinski definition) is 1. The van der Waals surface area contributed by atoms with Gasteiger partial charge in [0.2, 0.25) is 0 Å². The van der Waals surface area contributed by atoms with Crippen molar-refractivity contribution in [3.05, 3.63) is 34.9 Å². The summed E-state index contributed by atoms with van der Waals surface area (Å²) in [6.45, 7) is 3.76. The van der Waals surface area contributed by atoms with Crippen molar-refractivity contribution in [2.45, 2.75) is 51.7 Å². The molecule has 18 heavy (non-hydrogen) atoms. The fraction of sp³-hybridized carbons (Fsp3) is 0.571. The second kappa shape index (κ2) is 6.23. The molecule has 0 bridgehead atoms. The van der Waals surface area contributed by atoms with Crippen LogP contribution >= 0.6 is 0 Å². The van der Waals surface area contributed by atoms with Gasteiger partial charge in [-0.05, 0) is 44.2 Å². The molecule has 2 N–H and O–H groups in total. The molecule has 0 heterocycles. The van der Waals surface area contributed by atoms with E-state index in [9.17, 15) is 13.2 Å². The molecule has 0 unspecified atom stereocenters. The summed E-state index contributed by atoms with van der Waals surface area (Å²) in [7, 11) is 0. The highest BCUT2D eigenvalue weighted by molar-refractivity contribution is 5.30. The van der Waals surface area contributed by atoms with Gasteiger partial charge in [0.1, 0.15) is 0 Å². The van der Waals surface area contributed by atoms with Crippen molar-refractivity contribution in [3.63, 3.8) is 0 Å². The van der Waals surface area contributed by atoms with Crippen LogP contribution in [-0.2, 0) is 12.8 Å². The third-order valence-corrected chi connectivity index (χ3v) is 2.73. The van der Waals surface area contributed by atoms with E-state index in [0.717, 1.165) is 30.4 Å². The normalized spacial score (nSPS) is 13.7. The Morgan fingerprint density at radius 2 is 1.78 bits per heavy atom. The number of halogens is 3. The van der Waals surface area contributed by atoms with Crippen LogP contribution in [0.5, 0.6) is 0 Å². The third kappa shape index (κ3) is 6.05. The van der Waals surface area contributed by atoms with Crippen LogP contribution in [0.1, 0.15) is 36.5 Å². The van der Waals surface area contributed by atoms with E-state index in [1.165, 1.54) is 0 Å². The molecule has 0 aliphatic rings. The molecular formula is C14H20F3N. The van der Waals surface area contributed by atoms with Gasteiger partial charge in [0.05, 0.1) is 6.42 Å². The van der Waals surface area contributed by atoms with Gasteiger partial charge >= 0.3 is 6.18 Å². The standard InChI is InChI=1S/C14H20F3N/c1-10-6-12(5-3-4-11(2)18)8-13(7-10)9-14(15,16)17/h6-8,11H,3-5,9,18H2,1-2H3/t11-/m0/s1. The summed E-state index contributed by atoms with van der Waals surface area (Å²) in [4.78, 5) is 0. The SMILES string of the molecule is Cc1cc(CCC[C@H](C)N)cc(CC(F)(F)F)c1. The van der Waals surface area contributed by atoms with Crippen LogP contribution < -0.4 is 5.73 Å². The summed E-state index contributed by atoms with van der Waals surface area (Å²) in [6.07, 6.45) is -2.41. The predicted molar refractivity (Wildman–Crippen MR) is 67.5 cm³/mol. The number of nitrogens with two attached hydrogens (primary N) is 1. The lowest BCUT2D eigenvalue weighted by Gasteiger charge is -2.10. The van der Waals surface area contributed by atoms with Crippen LogP contribution in [0.3, 0.4) is 0 Å². The molecule has 0 saturated carbocycles. The molecule has 1 nitrogen and oxygen atoms in total. The van der Waals surface area contributed by atoms with Crippen molar-refractivity contribution in [1.82, 2.24) is 0 Å². The zero-order chi connectivity index (χ0) is 13.8. The summed E-state index contributed by atoms with van der Waals surface area (Å²) < 4.78 is 37.0. The maximum absolute atomic E-state index is 12.3. The summed E-state index contributed by atoms with van der Waals surface area (Å²) in [6, 6.07) is 5.34. The van der Waals surface area contributed by atoms with Crippen LogP contribution in [0, 0.1) is 6.92 Å². The maximum Gasteiger partial charge on any atom is 0.393 e. The number of alkyl halides is 3. The molecule has 1 atom stereocenters. The number of hydrogen-bond donors (Lipinski definition) is 1. The first-order valence-corrected chi connectivity index (χ1v) is 6.18. The molecule has 0 aliphatic heterocycles. The van der Waals surface area contributed by atoms with Crippen molar-refractivity contribution in [3.8, 4) is 0 Å². The molecule has 0 aliphatic carbocycles. The van der Waals surface area contributed by atoms with E-state index in [0.29, 0.717) is 5.56 Å². The molecule has 0 fully saturated rings. The minimum atomic E-state index is -4.14. The van der Waals surface area contributed by atoms with Gasteiger partial charge in [0.25, 0.3) is 0 Å². The number of rotatable bonds is 5. The minimum Gasteiger partial charge on any atom is -0.328 e. The lowest BCUT2D eigenvalue weighted by atomic mass is 9.99. The lowest BCUT2D eigenvalue weighted by molar-refractivity contribution is -0.127. The topological polar surface area (TPSA) is 26.0 Å². The van der Waals surface area contributed by atoms with Gasteiger partial charge < -0.3 is 5.73 Å². The largest absolute Gasteiger partial charge is 0.393 e. The molecule has 1 aromatic rings. The molecule has 1 rings (SSSR count). The van der Waals surface area contributed by atoms with Gasteiger partial charge in [-0.1, -0.05) is 23.8 Å². The monoisotopic (exact) mass is 259 g/mol. The van der Waals surface area contributed by atoms with Gasteiger partial charge in [0, 0.05) is 6.04 Å². The molecule has 0 spiro atoms. The van der Waals surface area contributed by atoms with E-state index >= 15 is 0 Å². The Morgan fingerprint density at radius 1 is 1.17 bits per heavy atom. The molecule has 102 valence electrons. The van der Waals surface area contributed by atoms with Crippen LogP contribution in [0.4, 0.5) is 13.2 Å². The quantitative estimate of drug-likeness (QED) is 0.855. The molecule has 0 radical (unpaired) electrons. The smallest absolute Gasteiger partial charge is 0.328 e. The lowest BCUT2D eigenvalue weighted by Crippen LogP contribution is -2.14. The molecule has 4 heteroatoms. The van der Waals surface area contributed by atoms with Crippen LogP contribution in [0.15, 0.2) is 18.2 Å². The van der Waals surface area contributed by atoms with Crippen LogP contribution in [0.2, 0.25) is 0 Å². The van der Waals surface area contributed by atoms with Gasteiger partial charge in [-0.3, -0.25) is 0 Å². The zero-order valence-corrected chi connectivity index (χ0v) is 10.8. The Balaban J connectivity index is 2.69. The van der Waals surface area contributed by atoms with E-state index in [2.05, 4.69) is 0 Å². The Hall–Kier alpha value is -1.03. The first-order valence-electron chi connectivity index (χ1n) is 6.18. The highest BCUT2D eigenvalue weighted by Gasteiger charge is 2.27. The van der Waals surface area contributed by atoms with Gasteiger partial charge in [-0.2, -0.15) is 13.2 Å². The summed E-state index contributed by atoms with van der Waals surface area (Å²) in [5.74, 6) is 0. The van der Waals surface area contributed by atoms with Crippen molar-refractivity contribution in [2.75, 3.05) is 0 Å². The number of benzene rings is 1. The van der Waals surface area contributed by atoms with E-state index in [1.54, 1.807) is 12.1 Å². The molecule has 0 amide bonds. The van der Waals surface area contributed by atoms with Crippen LogP contribution in [0.25, 0.3) is 0 Å². The van der Waals surface area contributed by atoms with E-state index in [-0.39, 0.29) is 6.04 Å². The third-order valence-electron chi connectivity index (χ3n) is 2.73. The average Bonchev–Trinajstić information content (AvgIpc) is 2.12. The molecule has 1 aromatic carbocycles. The second-order valence-corrected chi connectivity index (χ2v) is 4.99. The summed E-state index contributed by atoms with van der Waals surface area (Å²) >= 11 is 0. The Morgan fingerprint density at radius 3 is 2.33 bits per heavy atom. The van der Waals surface area contributed by atoms with Crippen LogP contribution in [-0.4, -0.2) is 12.2 Å². The fourth-order valence-electron chi connectivity index (χ4n) is 2.05. The molecule has 0 aromatic heterocycles. The van der Waals surface area contributed by atoms with Gasteiger partial charge in [0.15, 0.2) is 0 Å². The first-order chi connectivity index (χ1) is 8.26. The number of aryl methyl sites for hydroxylation is 2. The molecular weight excluding hydrogens is 239 g/mol. The average molecular weight is 259 g/mol. The molecule has 0 saturated heterocycles. The van der Waals surface area contributed by atoms with E-state index in [4.69, 9.17) is 5.73 Å². The maximum atomic E-state index is 12.3. The Bertz CT molecular complexity index is 383. The van der Waals surface area contributed by atoms with E-state index in [1.807, 2.05) is 19.9 Å². The highest BCUT2D eigenvalue weighted by Crippen LogP contribution is 2.23. The Kier molecular flexibility index (Phi) is 5.20. The van der Waals surface area contributed by atoms with Crippen molar-refractivity contribution >= 4 is 0 Å².